The van der Waals surface area contributed by atoms with Crippen LogP contribution < -0.4 is 11.5 Å². The maximum absolute atomic E-state index is 6.09. The van der Waals surface area contributed by atoms with Crippen LogP contribution in [-0.2, 0) is 0 Å². The molecule has 0 rings (SSSR count). The van der Waals surface area contributed by atoms with E-state index < -0.39 is 0 Å². The minimum absolute atomic E-state index is 0.117. The van der Waals surface area contributed by atoms with Gasteiger partial charge in [-0.2, -0.15) is 0 Å². The summed E-state index contributed by atoms with van der Waals surface area (Å²) in [5.41, 5.74) is 12.1. The van der Waals surface area contributed by atoms with E-state index in [2.05, 4.69) is 20.3 Å². The van der Waals surface area contributed by atoms with E-state index in [9.17, 15) is 0 Å². The van der Waals surface area contributed by atoms with Gasteiger partial charge in [0.2, 0.25) is 0 Å². The van der Waals surface area contributed by atoms with Gasteiger partial charge in [0.15, 0.2) is 0 Å². The number of unbranched alkanes of at least 4 members (excludes halogenated alkanes) is 8. The number of hydrogen-bond donors (Lipinski definition) is 2. The van der Waals surface area contributed by atoms with E-state index in [1.165, 1.54) is 57.8 Å². The second-order valence-electron chi connectivity index (χ2n) is 5.35. The summed E-state index contributed by atoms with van der Waals surface area (Å²) in [7, 11) is 0. The van der Waals surface area contributed by atoms with Crippen molar-refractivity contribution in [3.8, 4) is 0 Å². The van der Waals surface area contributed by atoms with E-state index in [4.69, 9.17) is 11.5 Å². The number of nitrogens with two attached hydrogens (primary N) is 2. The van der Waals surface area contributed by atoms with Crippen LogP contribution in [-0.4, -0.2) is 6.04 Å². The molecule has 1 atom stereocenters. The van der Waals surface area contributed by atoms with Gasteiger partial charge in [0.05, 0.1) is 6.04 Å². The molecule has 0 saturated heterocycles. The highest BCUT2D eigenvalue weighted by molar-refractivity contribution is 4.93. The molecular weight excluding hydrogens is 220 g/mol. The van der Waals surface area contributed by atoms with Crippen LogP contribution >= 0.6 is 0 Å². The van der Waals surface area contributed by atoms with E-state index in [1.54, 1.807) is 0 Å². The molecule has 0 aliphatic rings. The first-order valence-corrected chi connectivity index (χ1v) is 7.90. The Bertz CT molecular complexity index is 159. The van der Waals surface area contributed by atoms with Crippen molar-refractivity contribution in [1.82, 2.24) is 0 Å². The highest BCUT2D eigenvalue weighted by Gasteiger charge is 2.12. The molecule has 0 aliphatic heterocycles. The van der Waals surface area contributed by atoms with Crippen LogP contribution in [0, 0.1) is 12.5 Å². The maximum Gasteiger partial charge on any atom is 0.0505 e. The lowest BCUT2D eigenvalue weighted by Gasteiger charge is -2.18. The van der Waals surface area contributed by atoms with Gasteiger partial charge < -0.3 is 11.5 Å². The van der Waals surface area contributed by atoms with Crippen molar-refractivity contribution in [3.63, 3.8) is 0 Å². The first kappa shape index (κ1) is 17.9. The molecule has 108 valence electrons. The van der Waals surface area contributed by atoms with Crippen LogP contribution in [0.1, 0.15) is 84.5 Å². The van der Waals surface area contributed by atoms with Crippen molar-refractivity contribution in [2.45, 2.75) is 90.5 Å². The molecule has 0 spiro atoms. The third-order valence-corrected chi connectivity index (χ3v) is 3.48. The van der Waals surface area contributed by atoms with E-state index in [0.29, 0.717) is 0 Å². The maximum atomic E-state index is 6.09. The van der Waals surface area contributed by atoms with Crippen LogP contribution in [0.3, 0.4) is 0 Å². The van der Waals surface area contributed by atoms with Gasteiger partial charge in [0, 0.05) is 6.04 Å². The van der Waals surface area contributed by atoms with Gasteiger partial charge in [-0.05, 0) is 19.3 Å². The van der Waals surface area contributed by atoms with Crippen molar-refractivity contribution in [3.05, 3.63) is 12.5 Å². The van der Waals surface area contributed by atoms with Crippen molar-refractivity contribution < 1.29 is 0 Å². The summed E-state index contributed by atoms with van der Waals surface area (Å²) in [6.45, 7) is 4.46. The van der Waals surface area contributed by atoms with E-state index in [1.807, 2.05) is 0 Å². The van der Waals surface area contributed by atoms with Gasteiger partial charge in [0.1, 0.15) is 0 Å². The van der Waals surface area contributed by atoms with Crippen LogP contribution in [0.25, 0.3) is 0 Å². The monoisotopic (exact) mass is 254 g/mol. The molecule has 0 heterocycles. The number of rotatable bonds is 13. The molecule has 0 aliphatic carbocycles. The SMILES string of the molecule is CCCCC[CH]CCCC(N)[C](N)CCCCC. The molecule has 1 unspecified atom stereocenters. The van der Waals surface area contributed by atoms with E-state index in [0.717, 1.165) is 18.9 Å². The lowest BCUT2D eigenvalue weighted by atomic mass is 9.97. The van der Waals surface area contributed by atoms with Crippen LogP contribution in [0.15, 0.2) is 0 Å². The Balaban J connectivity index is 3.31. The first-order chi connectivity index (χ1) is 8.72. The molecular formula is C16H34N2. The summed E-state index contributed by atoms with van der Waals surface area (Å²) < 4.78 is 0. The molecule has 0 amide bonds. The average molecular weight is 254 g/mol. The summed E-state index contributed by atoms with van der Waals surface area (Å²) in [5.74, 6) is 0. The Kier molecular flexibility index (Phi) is 13.3. The zero-order valence-electron chi connectivity index (χ0n) is 12.6. The van der Waals surface area contributed by atoms with E-state index >= 15 is 0 Å². The Morgan fingerprint density at radius 3 is 2.22 bits per heavy atom. The fraction of sp³-hybridized carbons (Fsp3) is 0.875. The summed E-state index contributed by atoms with van der Waals surface area (Å²) in [4.78, 5) is 0. The third kappa shape index (κ3) is 11.0. The topological polar surface area (TPSA) is 52.0 Å². The minimum atomic E-state index is 0.117. The predicted molar refractivity (Wildman–Crippen MR) is 81.8 cm³/mol. The predicted octanol–water partition coefficient (Wildman–Crippen LogP) is 4.34. The van der Waals surface area contributed by atoms with Crippen LogP contribution in [0.4, 0.5) is 0 Å². The summed E-state index contributed by atoms with van der Waals surface area (Å²) in [6, 6.07) is 1.13. The number of hydrogen-bond acceptors (Lipinski definition) is 2. The molecule has 0 fully saturated rings. The van der Waals surface area contributed by atoms with Gasteiger partial charge in [0.25, 0.3) is 0 Å². The minimum Gasteiger partial charge on any atom is -0.326 e. The van der Waals surface area contributed by atoms with Crippen LogP contribution in [0.5, 0.6) is 0 Å². The average Bonchev–Trinajstić information content (AvgIpc) is 2.37. The highest BCUT2D eigenvalue weighted by Crippen LogP contribution is 2.15. The molecule has 0 aromatic rings. The normalized spacial score (nSPS) is 13.2. The molecule has 0 aromatic heterocycles. The quantitative estimate of drug-likeness (QED) is 0.480. The van der Waals surface area contributed by atoms with Crippen molar-refractivity contribution in [2.24, 2.45) is 11.5 Å². The fourth-order valence-corrected chi connectivity index (χ4v) is 2.12. The Labute approximate surface area is 115 Å². The van der Waals surface area contributed by atoms with E-state index in [-0.39, 0.29) is 6.04 Å². The molecule has 0 saturated carbocycles. The van der Waals surface area contributed by atoms with Crippen LogP contribution in [0.2, 0.25) is 0 Å². The van der Waals surface area contributed by atoms with Gasteiger partial charge in [-0.3, -0.25) is 0 Å². The smallest absolute Gasteiger partial charge is 0.0505 e. The largest absolute Gasteiger partial charge is 0.326 e. The Morgan fingerprint density at radius 2 is 1.56 bits per heavy atom. The second kappa shape index (κ2) is 13.4. The lowest BCUT2D eigenvalue weighted by molar-refractivity contribution is 0.528. The fourth-order valence-electron chi connectivity index (χ4n) is 2.12. The van der Waals surface area contributed by atoms with Crippen molar-refractivity contribution >= 4 is 0 Å². The Hall–Kier alpha value is -0.0800. The third-order valence-electron chi connectivity index (χ3n) is 3.48. The zero-order chi connectivity index (χ0) is 13.6. The van der Waals surface area contributed by atoms with Gasteiger partial charge >= 0.3 is 0 Å². The molecule has 18 heavy (non-hydrogen) atoms. The zero-order valence-corrected chi connectivity index (χ0v) is 12.6. The van der Waals surface area contributed by atoms with Gasteiger partial charge in [-0.1, -0.05) is 71.6 Å². The molecule has 2 heteroatoms. The highest BCUT2D eigenvalue weighted by atomic mass is 14.8. The molecule has 2 radical (unpaired) electrons. The standard InChI is InChI=1S/C16H34N2/c1-3-5-7-8-9-10-12-14-16(18)15(17)13-11-6-4-2/h9,16H,3-8,10-14,17-18H2,1-2H3. The molecule has 2 nitrogen and oxygen atoms in total. The summed E-state index contributed by atoms with van der Waals surface area (Å²) in [6.07, 6.45) is 15.8. The molecule has 0 aromatic carbocycles. The molecule has 4 N–H and O–H groups in total. The summed E-state index contributed by atoms with van der Waals surface area (Å²) >= 11 is 0. The van der Waals surface area contributed by atoms with Crippen molar-refractivity contribution in [1.29, 1.82) is 0 Å². The van der Waals surface area contributed by atoms with Gasteiger partial charge in [-0.25, -0.2) is 0 Å². The second-order valence-corrected chi connectivity index (χ2v) is 5.35. The van der Waals surface area contributed by atoms with Gasteiger partial charge in [-0.15, -0.1) is 0 Å². The Morgan fingerprint density at radius 1 is 0.944 bits per heavy atom. The summed E-state index contributed by atoms with van der Waals surface area (Å²) in [5, 5.41) is 0. The lowest BCUT2D eigenvalue weighted by Crippen LogP contribution is -2.34. The first-order valence-electron chi connectivity index (χ1n) is 7.90. The van der Waals surface area contributed by atoms with Crippen molar-refractivity contribution in [2.75, 3.05) is 0 Å². The molecule has 0 bridgehead atoms.